The fourth-order valence-corrected chi connectivity index (χ4v) is 6.50. The molecule has 2 N–H and O–H groups in total. The second-order valence-corrected chi connectivity index (χ2v) is 12.4. The van der Waals surface area contributed by atoms with Crippen LogP contribution in [-0.2, 0) is 26.2 Å². The SMILES string of the molecule is COc1ccc(C(OC[C@H]2O[C@@H](n3cnc4c(NC(=O)OCCc5ccc([N+](=O)[O-])cc5)ncnc43)C[C@@H]2O)(c2ccccc2)c2ccccc2)cc1. The Morgan fingerprint density at radius 2 is 1.60 bits per heavy atom. The summed E-state index contributed by atoms with van der Waals surface area (Å²) in [6.07, 6.45) is 0.470. The molecular formula is C39H36N6O8. The van der Waals surface area contributed by atoms with Crippen LogP contribution in [0.2, 0.25) is 0 Å². The monoisotopic (exact) mass is 716 g/mol. The van der Waals surface area contributed by atoms with Gasteiger partial charge in [0.2, 0.25) is 0 Å². The van der Waals surface area contributed by atoms with E-state index >= 15 is 0 Å². The number of hydrogen-bond acceptors (Lipinski definition) is 11. The van der Waals surface area contributed by atoms with Crippen LogP contribution >= 0.6 is 0 Å². The summed E-state index contributed by atoms with van der Waals surface area (Å²) in [5, 5.41) is 24.8. The maximum Gasteiger partial charge on any atom is 0.412 e. The van der Waals surface area contributed by atoms with Crippen LogP contribution in [0.15, 0.2) is 122 Å². The number of non-ortho nitro benzene ring substituents is 1. The number of aliphatic hydroxyl groups is 1. The topological polar surface area (TPSA) is 173 Å². The van der Waals surface area contributed by atoms with Gasteiger partial charge in [-0.25, -0.2) is 19.7 Å². The highest BCUT2D eigenvalue weighted by molar-refractivity contribution is 5.93. The quantitative estimate of drug-likeness (QED) is 0.0793. The van der Waals surface area contributed by atoms with Crippen molar-refractivity contribution in [2.75, 3.05) is 25.6 Å². The number of benzene rings is 4. The second-order valence-electron chi connectivity index (χ2n) is 12.4. The van der Waals surface area contributed by atoms with Gasteiger partial charge in [0.1, 0.15) is 30.0 Å². The number of carbonyl (C=O) groups is 1. The van der Waals surface area contributed by atoms with Crippen LogP contribution in [-0.4, -0.2) is 68.2 Å². The van der Waals surface area contributed by atoms with Crippen molar-refractivity contribution in [3.63, 3.8) is 0 Å². The molecule has 0 saturated carbocycles. The average Bonchev–Trinajstić information content (AvgIpc) is 3.80. The molecule has 0 unspecified atom stereocenters. The van der Waals surface area contributed by atoms with Crippen LogP contribution in [0.1, 0.15) is 34.9 Å². The van der Waals surface area contributed by atoms with Crippen LogP contribution in [0, 0.1) is 10.1 Å². The van der Waals surface area contributed by atoms with Crippen molar-refractivity contribution in [3.8, 4) is 5.75 Å². The number of ether oxygens (including phenoxy) is 4. The largest absolute Gasteiger partial charge is 0.497 e. The number of fused-ring (bicyclic) bond motifs is 1. The Bertz CT molecular complexity index is 2130. The summed E-state index contributed by atoms with van der Waals surface area (Å²) in [5.74, 6) is 0.856. The Balaban J connectivity index is 1.06. The van der Waals surface area contributed by atoms with Crippen molar-refractivity contribution in [1.29, 1.82) is 0 Å². The minimum atomic E-state index is -1.04. The molecule has 0 radical (unpaired) electrons. The van der Waals surface area contributed by atoms with E-state index in [9.17, 15) is 20.0 Å². The highest BCUT2D eigenvalue weighted by atomic mass is 16.6. The maximum absolute atomic E-state index is 12.6. The summed E-state index contributed by atoms with van der Waals surface area (Å²) < 4.78 is 25.8. The molecule has 1 aliphatic rings. The highest BCUT2D eigenvalue weighted by Gasteiger charge is 2.42. The molecule has 3 heterocycles. The van der Waals surface area contributed by atoms with Gasteiger partial charge in [0.25, 0.3) is 5.69 Å². The first-order valence-corrected chi connectivity index (χ1v) is 16.9. The van der Waals surface area contributed by atoms with E-state index in [1.54, 1.807) is 23.8 Å². The Labute approximate surface area is 304 Å². The number of methoxy groups -OCH3 is 1. The number of hydrogen-bond donors (Lipinski definition) is 2. The first kappa shape index (κ1) is 35.2. The summed E-state index contributed by atoms with van der Waals surface area (Å²) >= 11 is 0. The molecule has 2 aromatic heterocycles. The minimum Gasteiger partial charge on any atom is -0.497 e. The Hall–Kier alpha value is -6.22. The zero-order valence-electron chi connectivity index (χ0n) is 28.6. The fraction of sp³-hybridized carbons (Fsp3) is 0.231. The first-order chi connectivity index (χ1) is 25.9. The standard InChI is InChI=1S/C39H36N6O8/c1-50-31-18-14-29(15-19-31)39(27-8-4-2-5-9-27,28-10-6-3-7-11-28)52-23-33-32(46)22-34(53-33)44-25-42-35-36(40-24-41-37(35)44)43-38(47)51-21-20-26-12-16-30(17-13-26)45(48)49/h2-19,24-25,32-34,46H,20-23H2,1H3,(H,40,41,43,47)/t32-,33+,34+/m0/s1. The number of nitrogens with one attached hydrogen (secondary N) is 1. The van der Waals surface area contributed by atoms with E-state index in [0.717, 1.165) is 22.3 Å². The predicted molar refractivity (Wildman–Crippen MR) is 193 cm³/mol. The van der Waals surface area contributed by atoms with Crippen molar-refractivity contribution < 1.29 is 33.8 Å². The van der Waals surface area contributed by atoms with Crippen molar-refractivity contribution in [3.05, 3.63) is 154 Å². The number of rotatable bonds is 13. The van der Waals surface area contributed by atoms with E-state index in [1.165, 1.54) is 24.8 Å². The summed E-state index contributed by atoms with van der Waals surface area (Å²) in [4.78, 5) is 36.1. The summed E-state index contributed by atoms with van der Waals surface area (Å²) in [6, 6.07) is 33.6. The molecule has 14 nitrogen and oxygen atoms in total. The van der Waals surface area contributed by atoms with Gasteiger partial charge in [-0.05, 0) is 34.4 Å². The predicted octanol–water partition coefficient (Wildman–Crippen LogP) is 6.19. The third kappa shape index (κ3) is 7.42. The molecule has 3 atom stereocenters. The lowest BCUT2D eigenvalue weighted by Gasteiger charge is -2.37. The molecule has 1 saturated heterocycles. The summed E-state index contributed by atoms with van der Waals surface area (Å²) in [6.45, 7) is 0.0888. The molecular weight excluding hydrogens is 680 g/mol. The molecule has 0 aliphatic carbocycles. The number of carbonyl (C=O) groups excluding carboxylic acids is 1. The van der Waals surface area contributed by atoms with Gasteiger partial charge in [-0.3, -0.25) is 20.0 Å². The molecule has 0 bridgehead atoms. The number of aliphatic hydroxyl groups excluding tert-OH is 1. The van der Waals surface area contributed by atoms with Gasteiger partial charge in [-0.2, -0.15) is 0 Å². The highest BCUT2D eigenvalue weighted by Crippen LogP contribution is 2.42. The summed E-state index contributed by atoms with van der Waals surface area (Å²) in [5.41, 5.74) is 3.11. The maximum atomic E-state index is 12.6. The molecule has 1 fully saturated rings. The van der Waals surface area contributed by atoms with Crippen molar-refractivity contribution >= 4 is 28.8 Å². The van der Waals surface area contributed by atoms with Crippen LogP contribution < -0.4 is 10.1 Å². The third-order valence-corrected chi connectivity index (χ3v) is 9.19. The molecule has 270 valence electrons. The lowest BCUT2D eigenvalue weighted by atomic mass is 9.80. The van der Waals surface area contributed by atoms with E-state index in [4.69, 9.17) is 18.9 Å². The van der Waals surface area contributed by atoms with Gasteiger partial charge in [0, 0.05) is 25.0 Å². The number of imidazole rings is 1. The van der Waals surface area contributed by atoms with E-state index in [1.807, 2.05) is 84.9 Å². The fourth-order valence-electron chi connectivity index (χ4n) is 6.50. The molecule has 1 aliphatic heterocycles. The number of aromatic nitrogens is 4. The Kier molecular flexibility index (Phi) is 10.3. The van der Waals surface area contributed by atoms with Crippen LogP contribution in [0.25, 0.3) is 11.2 Å². The molecule has 14 heteroatoms. The van der Waals surface area contributed by atoms with E-state index in [-0.39, 0.29) is 31.1 Å². The Morgan fingerprint density at radius 1 is 0.943 bits per heavy atom. The van der Waals surface area contributed by atoms with E-state index < -0.39 is 35.1 Å². The van der Waals surface area contributed by atoms with Gasteiger partial charge in [-0.1, -0.05) is 84.9 Å². The lowest BCUT2D eigenvalue weighted by molar-refractivity contribution is -0.384. The van der Waals surface area contributed by atoms with Crippen molar-refractivity contribution in [2.45, 2.75) is 36.9 Å². The molecule has 7 rings (SSSR count). The number of nitro benzene ring substituents is 1. The first-order valence-electron chi connectivity index (χ1n) is 16.9. The van der Waals surface area contributed by atoms with Crippen LogP contribution in [0.4, 0.5) is 16.3 Å². The zero-order valence-corrected chi connectivity index (χ0v) is 28.6. The number of nitro groups is 1. The zero-order chi connectivity index (χ0) is 36.8. The van der Waals surface area contributed by atoms with E-state index in [0.29, 0.717) is 23.3 Å². The van der Waals surface area contributed by atoms with Crippen molar-refractivity contribution in [1.82, 2.24) is 19.5 Å². The van der Waals surface area contributed by atoms with Crippen molar-refractivity contribution in [2.24, 2.45) is 0 Å². The number of anilines is 1. The van der Waals surface area contributed by atoms with Gasteiger partial charge in [0.15, 0.2) is 17.0 Å². The molecule has 53 heavy (non-hydrogen) atoms. The smallest absolute Gasteiger partial charge is 0.412 e. The van der Waals surface area contributed by atoms with Crippen LogP contribution in [0.3, 0.4) is 0 Å². The molecule has 4 aromatic carbocycles. The molecule has 0 spiro atoms. The molecule has 1 amide bonds. The van der Waals surface area contributed by atoms with Gasteiger partial charge < -0.3 is 24.1 Å². The average molecular weight is 717 g/mol. The number of amides is 1. The molecule has 6 aromatic rings. The van der Waals surface area contributed by atoms with Gasteiger partial charge >= 0.3 is 6.09 Å². The number of nitrogens with zero attached hydrogens (tertiary/aromatic N) is 5. The minimum absolute atomic E-state index is 0.0149. The van der Waals surface area contributed by atoms with Gasteiger partial charge in [0.05, 0.1) is 37.7 Å². The van der Waals surface area contributed by atoms with E-state index in [2.05, 4.69) is 20.3 Å². The second kappa shape index (κ2) is 15.6. The van der Waals surface area contributed by atoms with Gasteiger partial charge in [-0.15, -0.1) is 0 Å². The Morgan fingerprint density at radius 3 is 2.25 bits per heavy atom. The third-order valence-electron chi connectivity index (χ3n) is 9.19. The summed E-state index contributed by atoms with van der Waals surface area (Å²) in [7, 11) is 1.62. The lowest BCUT2D eigenvalue weighted by Crippen LogP contribution is -2.38. The van der Waals surface area contributed by atoms with Crippen LogP contribution in [0.5, 0.6) is 5.75 Å². The normalized spacial score (nSPS) is 17.1.